The smallest absolute Gasteiger partial charge is 0.171 e. The predicted molar refractivity (Wildman–Crippen MR) is 70.8 cm³/mol. The van der Waals surface area contributed by atoms with Crippen LogP contribution in [-0.4, -0.2) is 14.8 Å². The summed E-state index contributed by atoms with van der Waals surface area (Å²) < 4.78 is 2.72. The molecule has 0 aliphatic heterocycles. The lowest BCUT2D eigenvalue weighted by molar-refractivity contribution is 0.827. The van der Waals surface area contributed by atoms with E-state index in [0.717, 1.165) is 28.5 Å². The quantitative estimate of drug-likeness (QED) is 0.751. The van der Waals surface area contributed by atoms with E-state index in [4.69, 9.17) is 0 Å². The number of aryl methyl sites for hydroxylation is 2. The van der Waals surface area contributed by atoms with Crippen molar-refractivity contribution in [3.05, 3.63) is 38.9 Å². The molecule has 2 heterocycles. The van der Waals surface area contributed by atoms with Gasteiger partial charge in [0.25, 0.3) is 0 Å². The highest BCUT2D eigenvalue weighted by molar-refractivity contribution is 14.1. The van der Waals surface area contributed by atoms with Crippen molar-refractivity contribution in [2.45, 2.75) is 19.3 Å². The molecule has 0 unspecified atom stereocenters. The molecule has 0 saturated heterocycles. The molecule has 84 valence electrons. The molecule has 17 heavy (non-hydrogen) atoms. The van der Waals surface area contributed by atoms with Gasteiger partial charge in [-0.15, -0.1) is 0 Å². The van der Waals surface area contributed by atoms with Crippen LogP contribution in [0.2, 0.25) is 0 Å². The summed E-state index contributed by atoms with van der Waals surface area (Å²) in [5.41, 5.74) is 2.93. The van der Waals surface area contributed by atoms with Gasteiger partial charge in [0.05, 0.1) is 15.3 Å². The predicted octanol–water partition coefficient (Wildman–Crippen LogP) is 2.23. The Labute approximate surface area is 112 Å². The third-order valence-corrected chi connectivity index (χ3v) is 3.48. The molecule has 2 aromatic heterocycles. The lowest BCUT2D eigenvalue weighted by atomic mass is 10.1. The highest BCUT2D eigenvalue weighted by atomic mass is 127. The number of halogens is 1. The van der Waals surface area contributed by atoms with Crippen LogP contribution in [-0.2, 0) is 12.8 Å². The van der Waals surface area contributed by atoms with Gasteiger partial charge >= 0.3 is 0 Å². The summed E-state index contributed by atoms with van der Waals surface area (Å²) in [6.45, 7) is 0. The summed E-state index contributed by atoms with van der Waals surface area (Å²) in [5.74, 6) is 0.649. The molecule has 1 aliphatic carbocycles. The molecule has 0 saturated carbocycles. The summed E-state index contributed by atoms with van der Waals surface area (Å²) in [6.07, 6.45) is 6.81. The van der Waals surface area contributed by atoms with Crippen LogP contribution in [0.3, 0.4) is 0 Å². The molecule has 0 amide bonds. The minimum absolute atomic E-state index is 0.602. The van der Waals surface area contributed by atoms with Crippen molar-refractivity contribution in [2.75, 3.05) is 0 Å². The molecule has 0 fully saturated rings. The number of hydrogen-bond donors (Lipinski definition) is 0. The van der Waals surface area contributed by atoms with Crippen molar-refractivity contribution < 1.29 is 0 Å². The van der Waals surface area contributed by atoms with Gasteiger partial charge < -0.3 is 0 Å². The maximum atomic E-state index is 9.18. The van der Waals surface area contributed by atoms with Gasteiger partial charge in [-0.1, -0.05) is 0 Å². The molecule has 3 rings (SSSR count). The topological polar surface area (TPSA) is 54.5 Å². The van der Waals surface area contributed by atoms with E-state index in [1.165, 1.54) is 5.56 Å². The molecule has 4 nitrogen and oxygen atoms in total. The van der Waals surface area contributed by atoms with Crippen molar-refractivity contribution in [1.82, 2.24) is 14.8 Å². The Morgan fingerprint density at radius 3 is 3.00 bits per heavy atom. The fourth-order valence-electron chi connectivity index (χ4n) is 2.13. The zero-order valence-electron chi connectivity index (χ0n) is 9.02. The van der Waals surface area contributed by atoms with E-state index in [2.05, 4.69) is 38.7 Å². The lowest BCUT2D eigenvalue weighted by Gasteiger charge is -2.06. The van der Waals surface area contributed by atoms with E-state index in [1.807, 2.05) is 12.3 Å². The van der Waals surface area contributed by atoms with Gasteiger partial charge in [0.1, 0.15) is 6.07 Å². The molecule has 0 radical (unpaired) electrons. The van der Waals surface area contributed by atoms with Crippen molar-refractivity contribution in [1.29, 1.82) is 5.26 Å². The molecular weight excluding hydrogens is 327 g/mol. The molecule has 2 aromatic rings. The van der Waals surface area contributed by atoms with E-state index in [0.29, 0.717) is 11.4 Å². The molecule has 1 aliphatic rings. The Hall–Kier alpha value is -1.42. The maximum Gasteiger partial charge on any atom is 0.171 e. The van der Waals surface area contributed by atoms with Gasteiger partial charge in [0.15, 0.2) is 5.82 Å². The number of rotatable bonds is 1. The number of fused-ring (bicyclic) bond motifs is 1. The number of aromatic nitrogens is 3. The van der Waals surface area contributed by atoms with Crippen LogP contribution in [0.1, 0.15) is 23.2 Å². The van der Waals surface area contributed by atoms with E-state index < -0.39 is 0 Å². The summed E-state index contributed by atoms with van der Waals surface area (Å²) in [6, 6.07) is 4.16. The number of nitrogens with zero attached hydrogens (tertiary/aromatic N) is 4. The third-order valence-electron chi connectivity index (χ3n) is 2.92. The van der Waals surface area contributed by atoms with Crippen LogP contribution in [0.15, 0.2) is 18.5 Å². The first-order valence-corrected chi connectivity index (χ1v) is 6.49. The van der Waals surface area contributed by atoms with Crippen molar-refractivity contribution in [3.63, 3.8) is 0 Å². The summed E-state index contributed by atoms with van der Waals surface area (Å²) in [5, 5.41) is 13.4. The fraction of sp³-hybridized carbons (Fsp3) is 0.250. The second kappa shape index (κ2) is 4.11. The summed E-state index contributed by atoms with van der Waals surface area (Å²) in [4.78, 5) is 4.58. The molecule has 0 spiro atoms. The second-order valence-electron chi connectivity index (χ2n) is 4.03. The maximum absolute atomic E-state index is 9.18. The van der Waals surface area contributed by atoms with Crippen molar-refractivity contribution >= 4 is 22.6 Å². The molecule has 5 heteroatoms. The molecular formula is C12H9IN4. The Morgan fingerprint density at radius 1 is 1.41 bits per heavy atom. The van der Waals surface area contributed by atoms with Crippen molar-refractivity contribution in [3.8, 4) is 11.9 Å². The monoisotopic (exact) mass is 336 g/mol. The van der Waals surface area contributed by atoms with Crippen molar-refractivity contribution in [2.24, 2.45) is 0 Å². The first-order chi connectivity index (χ1) is 8.28. The van der Waals surface area contributed by atoms with Gasteiger partial charge in [-0.05, 0) is 53.5 Å². The molecule has 0 bridgehead atoms. The summed E-state index contributed by atoms with van der Waals surface area (Å²) in [7, 11) is 0. The molecule has 0 aromatic carbocycles. The van der Waals surface area contributed by atoms with Crippen LogP contribution in [0, 0.1) is 14.9 Å². The molecule has 0 atom stereocenters. The largest absolute Gasteiger partial charge is 0.232 e. The highest BCUT2D eigenvalue weighted by Crippen LogP contribution is 2.24. The highest BCUT2D eigenvalue weighted by Gasteiger charge is 2.17. The first kappa shape index (κ1) is 10.7. The minimum atomic E-state index is 0.602. The van der Waals surface area contributed by atoms with Gasteiger partial charge in [-0.3, -0.25) is 0 Å². The third kappa shape index (κ3) is 1.82. The van der Waals surface area contributed by atoms with Gasteiger partial charge in [0, 0.05) is 11.9 Å². The van der Waals surface area contributed by atoms with Crippen LogP contribution < -0.4 is 0 Å². The average molecular weight is 336 g/mol. The van der Waals surface area contributed by atoms with Crippen LogP contribution in [0.5, 0.6) is 0 Å². The SMILES string of the molecule is N#Cc1cc2c(nc1-n1cc(I)cn1)CCC2. The second-order valence-corrected chi connectivity index (χ2v) is 5.28. The fourth-order valence-corrected chi connectivity index (χ4v) is 2.52. The zero-order valence-corrected chi connectivity index (χ0v) is 11.2. The zero-order chi connectivity index (χ0) is 11.8. The standard InChI is InChI=1S/C12H9IN4/c13-10-6-15-17(7-10)12-9(5-14)4-8-2-1-3-11(8)16-12/h4,6-7H,1-3H2. The van der Waals surface area contributed by atoms with E-state index in [-0.39, 0.29) is 0 Å². The van der Waals surface area contributed by atoms with Crippen LogP contribution >= 0.6 is 22.6 Å². The molecule has 0 N–H and O–H groups in total. The van der Waals surface area contributed by atoms with E-state index >= 15 is 0 Å². The van der Waals surface area contributed by atoms with E-state index in [1.54, 1.807) is 10.9 Å². The van der Waals surface area contributed by atoms with Crippen LogP contribution in [0.25, 0.3) is 5.82 Å². The lowest BCUT2D eigenvalue weighted by Crippen LogP contribution is -2.04. The number of hydrogen-bond acceptors (Lipinski definition) is 3. The number of pyridine rings is 1. The average Bonchev–Trinajstić information content (AvgIpc) is 2.94. The number of nitriles is 1. The Kier molecular flexibility index (Phi) is 2.59. The van der Waals surface area contributed by atoms with Crippen LogP contribution in [0.4, 0.5) is 0 Å². The first-order valence-electron chi connectivity index (χ1n) is 5.41. The Balaban J connectivity index is 2.19. The van der Waals surface area contributed by atoms with E-state index in [9.17, 15) is 5.26 Å². The summed E-state index contributed by atoms with van der Waals surface area (Å²) >= 11 is 2.19. The normalized spacial score (nSPS) is 13.4. The minimum Gasteiger partial charge on any atom is -0.232 e. The van der Waals surface area contributed by atoms with Gasteiger partial charge in [0.2, 0.25) is 0 Å². The van der Waals surface area contributed by atoms with Gasteiger partial charge in [-0.25, -0.2) is 9.67 Å². The van der Waals surface area contributed by atoms with Gasteiger partial charge in [-0.2, -0.15) is 10.4 Å². The Bertz CT molecular complexity index is 624. The Morgan fingerprint density at radius 2 is 2.29 bits per heavy atom.